The summed E-state index contributed by atoms with van der Waals surface area (Å²) in [6, 6.07) is 0. The van der Waals surface area contributed by atoms with E-state index >= 15 is 0 Å². The summed E-state index contributed by atoms with van der Waals surface area (Å²) < 4.78 is 0. The molecule has 0 atom stereocenters. The smallest absolute Gasteiger partial charge is 0.0351 e. The van der Waals surface area contributed by atoms with Crippen LogP contribution in [0.5, 0.6) is 0 Å². The van der Waals surface area contributed by atoms with Crippen molar-refractivity contribution in [2.75, 3.05) is 0 Å². The maximum atomic E-state index is 3.48. The Morgan fingerprint density at radius 2 is 1.12 bits per heavy atom. The highest BCUT2D eigenvalue weighted by Crippen LogP contribution is 1.77. The summed E-state index contributed by atoms with van der Waals surface area (Å²) in [6.07, 6.45) is 7.67. The topological polar surface area (TPSA) is 0 Å². The third-order valence-corrected chi connectivity index (χ3v) is 0.931. The number of hydrogen-bond donors (Lipinski definition) is 0. The molecule has 0 N–H and O–H groups in total. The molecular weight excluding hydrogens is 192 g/mol. The summed E-state index contributed by atoms with van der Waals surface area (Å²) in [7, 11) is 0. The standard InChI is InChI=1S/C5H8.2C4H8.C3H6/c1-4-5(2)3;2*1-3-4-2;1-3-2/h1H2,2-3H3;2*3H,1,4H2,2H3;3H,1H2,2H3. The molecule has 0 aliphatic rings. The normalized spacial score (nSPS) is 5.81. The van der Waals surface area contributed by atoms with Gasteiger partial charge in [-0.3, -0.25) is 0 Å². The predicted molar refractivity (Wildman–Crippen MR) is 80.8 cm³/mol. The third-order valence-electron chi connectivity index (χ3n) is 0.931. The van der Waals surface area contributed by atoms with Crippen molar-refractivity contribution in [1.82, 2.24) is 0 Å². The van der Waals surface area contributed by atoms with Gasteiger partial charge in [-0.05, 0) is 39.2 Å². The Morgan fingerprint density at radius 1 is 1.00 bits per heavy atom. The molecule has 0 amide bonds. The fourth-order valence-corrected chi connectivity index (χ4v) is 0. The van der Waals surface area contributed by atoms with Crippen LogP contribution in [0.25, 0.3) is 0 Å². The molecule has 16 heavy (non-hydrogen) atoms. The molecule has 0 aromatic carbocycles. The summed E-state index contributed by atoms with van der Waals surface area (Å²) in [5.41, 5.74) is 3.84. The summed E-state index contributed by atoms with van der Waals surface area (Å²) in [4.78, 5) is 0. The van der Waals surface area contributed by atoms with E-state index in [1.807, 2.05) is 32.9 Å². The van der Waals surface area contributed by atoms with E-state index in [-0.39, 0.29) is 0 Å². The van der Waals surface area contributed by atoms with Gasteiger partial charge in [0, 0.05) is 0 Å². The van der Waals surface area contributed by atoms with E-state index in [0.29, 0.717) is 0 Å². The van der Waals surface area contributed by atoms with Gasteiger partial charge < -0.3 is 0 Å². The lowest BCUT2D eigenvalue weighted by atomic mass is 10.4. The number of rotatable bonds is 2. The predicted octanol–water partition coefficient (Wildman–Crippen LogP) is 6.09. The van der Waals surface area contributed by atoms with Crippen LogP contribution in [-0.4, -0.2) is 0 Å². The molecule has 0 unspecified atom stereocenters. The van der Waals surface area contributed by atoms with Crippen molar-refractivity contribution in [2.24, 2.45) is 0 Å². The van der Waals surface area contributed by atoms with Crippen molar-refractivity contribution < 1.29 is 0 Å². The van der Waals surface area contributed by atoms with Gasteiger partial charge in [0.25, 0.3) is 0 Å². The van der Waals surface area contributed by atoms with Crippen LogP contribution < -0.4 is 0 Å². The van der Waals surface area contributed by atoms with Crippen LogP contribution in [0, 0.1) is 0 Å². The minimum atomic E-state index is 1.08. The van der Waals surface area contributed by atoms with Crippen molar-refractivity contribution in [2.45, 2.75) is 47.5 Å². The van der Waals surface area contributed by atoms with E-state index < -0.39 is 0 Å². The van der Waals surface area contributed by atoms with Gasteiger partial charge in [0.15, 0.2) is 0 Å². The van der Waals surface area contributed by atoms with Gasteiger partial charge in [-0.15, -0.1) is 25.5 Å². The molecule has 0 aromatic heterocycles. The largest absolute Gasteiger partial charge is 0.130 e. The van der Waals surface area contributed by atoms with Gasteiger partial charge >= 0.3 is 0 Å². The molecule has 0 fully saturated rings. The monoisotopic (exact) mass is 222 g/mol. The zero-order valence-electron chi connectivity index (χ0n) is 12.0. The average Bonchev–Trinajstić information content (AvgIpc) is 2.30. The van der Waals surface area contributed by atoms with Crippen molar-refractivity contribution in [3.05, 3.63) is 55.8 Å². The SMILES string of the molecule is C=C=C(C)C.C=CC.C=CCC.C=CCC. The second-order valence-electron chi connectivity index (χ2n) is 2.98. The average molecular weight is 222 g/mol. The van der Waals surface area contributed by atoms with E-state index in [0.717, 1.165) is 18.4 Å². The van der Waals surface area contributed by atoms with Crippen LogP contribution in [-0.2, 0) is 0 Å². The molecule has 0 nitrogen and oxygen atoms in total. The molecule has 94 valence electrons. The van der Waals surface area contributed by atoms with Crippen LogP contribution in [0.15, 0.2) is 55.8 Å². The highest BCUT2D eigenvalue weighted by atomic mass is 13.6. The second kappa shape index (κ2) is 37.2. The Balaban J connectivity index is -0.0000000610. The molecule has 0 aromatic rings. The fourth-order valence-electron chi connectivity index (χ4n) is 0. The molecule has 0 heterocycles. The lowest BCUT2D eigenvalue weighted by Crippen LogP contribution is -1.47. The van der Waals surface area contributed by atoms with Gasteiger partial charge in [0.2, 0.25) is 0 Å². The van der Waals surface area contributed by atoms with Gasteiger partial charge in [-0.2, -0.15) is 0 Å². The van der Waals surface area contributed by atoms with E-state index in [4.69, 9.17) is 0 Å². The lowest BCUT2D eigenvalue weighted by Gasteiger charge is -1.67. The summed E-state index contributed by atoms with van der Waals surface area (Å²) >= 11 is 0. The van der Waals surface area contributed by atoms with E-state index in [2.05, 4.69) is 45.9 Å². The summed E-state index contributed by atoms with van der Waals surface area (Å²) in [5, 5.41) is 0. The highest BCUT2D eigenvalue weighted by molar-refractivity contribution is 4.87. The minimum absolute atomic E-state index is 1.08. The molecular formula is C16H30. The quantitative estimate of drug-likeness (QED) is 0.391. The van der Waals surface area contributed by atoms with Gasteiger partial charge in [0.05, 0.1) is 0 Å². The van der Waals surface area contributed by atoms with Crippen LogP contribution in [0.3, 0.4) is 0 Å². The molecule has 0 spiro atoms. The molecule has 0 radical (unpaired) electrons. The Bertz CT molecular complexity index is 166. The first-order valence-electron chi connectivity index (χ1n) is 5.64. The van der Waals surface area contributed by atoms with E-state index in [1.54, 1.807) is 6.08 Å². The molecule has 0 saturated heterocycles. The van der Waals surface area contributed by atoms with Crippen LogP contribution in [0.1, 0.15) is 47.5 Å². The Hall–Kier alpha value is -1.26. The molecule has 0 rings (SSSR count). The van der Waals surface area contributed by atoms with Crippen LogP contribution >= 0.6 is 0 Å². The first-order valence-corrected chi connectivity index (χ1v) is 5.64. The fraction of sp³-hybridized carbons (Fsp3) is 0.438. The molecule has 0 saturated carbocycles. The number of allylic oxidation sites excluding steroid dienone is 4. The van der Waals surface area contributed by atoms with E-state index in [9.17, 15) is 0 Å². The van der Waals surface area contributed by atoms with E-state index in [1.165, 1.54) is 0 Å². The zero-order valence-corrected chi connectivity index (χ0v) is 12.0. The first-order chi connectivity index (χ1) is 7.51. The third kappa shape index (κ3) is 234. The van der Waals surface area contributed by atoms with Crippen molar-refractivity contribution in [1.29, 1.82) is 0 Å². The van der Waals surface area contributed by atoms with Gasteiger partial charge in [0.1, 0.15) is 0 Å². The number of hydrogen-bond acceptors (Lipinski definition) is 0. The van der Waals surface area contributed by atoms with Crippen LogP contribution in [0.4, 0.5) is 0 Å². The Kier molecular flexibility index (Phi) is 56.1. The highest BCUT2D eigenvalue weighted by Gasteiger charge is 1.57. The lowest BCUT2D eigenvalue weighted by molar-refractivity contribution is 1.23. The first kappa shape index (κ1) is 24.1. The van der Waals surface area contributed by atoms with Crippen molar-refractivity contribution in [3.63, 3.8) is 0 Å². The second-order valence-corrected chi connectivity index (χ2v) is 2.98. The van der Waals surface area contributed by atoms with Crippen LogP contribution in [0.2, 0.25) is 0 Å². The van der Waals surface area contributed by atoms with Crippen molar-refractivity contribution >= 4 is 0 Å². The maximum Gasteiger partial charge on any atom is -0.0351 e. The van der Waals surface area contributed by atoms with Gasteiger partial charge in [-0.25, -0.2) is 0 Å². The van der Waals surface area contributed by atoms with Crippen molar-refractivity contribution in [3.8, 4) is 0 Å². The summed E-state index contributed by atoms with van der Waals surface area (Å²) in [6.45, 7) is 23.7. The Morgan fingerprint density at radius 3 is 1.12 bits per heavy atom. The maximum absolute atomic E-state index is 3.48. The summed E-state index contributed by atoms with van der Waals surface area (Å²) in [5.74, 6) is 0. The molecule has 0 aliphatic heterocycles. The minimum Gasteiger partial charge on any atom is -0.130 e. The zero-order chi connectivity index (χ0) is 13.8. The Labute approximate surface area is 104 Å². The molecule has 0 aliphatic carbocycles. The molecule has 0 heteroatoms. The molecule has 0 bridgehead atoms. The van der Waals surface area contributed by atoms with Gasteiger partial charge in [-0.1, -0.05) is 38.7 Å².